The van der Waals surface area contributed by atoms with Gasteiger partial charge in [-0.1, -0.05) is 43.5 Å². The van der Waals surface area contributed by atoms with E-state index in [2.05, 4.69) is 5.32 Å². The molecule has 0 radical (unpaired) electrons. The Kier molecular flexibility index (Phi) is 9.79. The number of ether oxygens (including phenoxy) is 2. The molecule has 1 fully saturated rings. The molecular formula is C27H37N3O6S. The first-order chi connectivity index (χ1) is 17.6. The number of hydrogen-bond acceptors (Lipinski definition) is 6. The van der Waals surface area contributed by atoms with Crippen LogP contribution in [-0.4, -0.2) is 64.2 Å². The van der Waals surface area contributed by atoms with Gasteiger partial charge < -0.3 is 19.7 Å². The topological polar surface area (TPSA) is 105 Å². The number of rotatable bonds is 11. The lowest BCUT2D eigenvalue weighted by Gasteiger charge is -2.33. The molecule has 0 unspecified atom stereocenters. The lowest BCUT2D eigenvalue weighted by Crippen LogP contribution is -2.53. The highest BCUT2D eigenvalue weighted by molar-refractivity contribution is 7.92. The molecule has 0 saturated heterocycles. The fourth-order valence-electron chi connectivity index (χ4n) is 4.55. The molecule has 9 nitrogen and oxygen atoms in total. The summed E-state index contributed by atoms with van der Waals surface area (Å²) in [7, 11) is -0.853. The second-order valence-electron chi connectivity index (χ2n) is 9.33. The van der Waals surface area contributed by atoms with Crippen LogP contribution < -0.4 is 19.1 Å². The van der Waals surface area contributed by atoms with Gasteiger partial charge in [-0.15, -0.1) is 0 Å². The molecule has 2 amide bonds. The maximum atomic E-state index is 13.7. The maximum Gasteiger partial charge on any atom is 0.244 e. The fourth-order valence-corrected chi connectivity index (χ4v) is 5.40. The van der Waals surface area contributed by atoms with Crippen LogP contribution in [0.4, 0.5) is 5.69 Å². The number of nitrogens with one attached hydrogen (secondary N) is 1. The summed E-state index contributed by atoms with van der Waals surface area (Å²) in [5, 5.41) is 3.09. The van der Waals surface area contributed by atoms with Gasteiger partial charge in [0.1, 0.15) is 24.1 Å². The van der Waals surface area contributed by atoms with Crippen LogP contribution in [0.2, 0.25) is 0 Å². The Morgan fingerprint density at radius 1 is 1.03 bits per heavy atom. The van der Waals surface area contributed by atoms with Crippen LogP contribution in [-0.2, 0) is 26.2 Å². The molecule has 0 aromatic heterocycles. The van der Waals surface area contributed by atoms with E-state index in [-0.39, 0.29) is 24.2 Å². The number of amides is 2. The van der Waals surface area contributed by atoms with Crippen LogP contribution in [0.3, 0.4) is 0 Å². The Morgan fingerprint density at radius 3 is 2.38 bits per heavy atom. The van der Waals surface area contributed by atoms with Crippen LogP contribution in [0.15, 0.2) is 48.5 Å². The molecule has 2 aromatic carbocycles. The number of carbonyl (C=O) groups is 2. The van der Waals surface area contributed by atoms with Gasteiger partial charge in [-0.05, 0) is 49.6 Å². The molecule has 1 aliphatic carbocycles. The number of para-hydroxylation sites is 2. The van der Waals surface area contributed by atoms with Crippen LogP contribution in [0.5, 0.6) is 11.5 Å². The number of anilines is 1. The minimum absolute atomic E-state index is 0.0820. The number of methoxy groups -OCH3 is 2. The van der Waals surface area contributed by atoms with E-state index in [0.29, 0.717) is 11.5 Å². The van der Waals surface area contributed by atoms with E-state index < -0.39 is 28.5 Å². The summed E-state index contributed by atoms with van der Waals surface area (Å²) in [5.74, 6) is 0.177. The van der Waals surface area contributed by atoms with Crippen molar-refractivity contribution in [2.24, 2.45) is 0 Å². The van der Waals surface area contributed by atoms with E-state index in [1.807, 2.05) is 6.07 Å². The Bertz CT molecular complexity index is 1180. The van der Waals surface area contributed by atoms with Gasteiger partial charge in [0.15, 0.2) is 0 Å². The van der Waals surface area contributed by atoms with E-state index >= 15 is 0 Å². The number of carbonyl (C=O) groups excluding carboxylic acids is 2. The van der Waals surface area contributed by atoms with Gasteiger partial charge in [-0.25, -0.2) is 8.42 Å². The summed E-state index contributed by atoms with van der Waals surface area (Å²) in [5.41, 5.74) is 1.01. The summed E-state index contributed by atoms with van der Waals surface area (Å²) in [6.45, 7) is 1.30. The summed E-state index contributed by atoms with van der Waals surface area (Å²) in [4.78, 5) is 28.4. The molecule has 10 heteroatoms. The van der Waals surface area contributed by atoms with Gasteiger partial charge in [0.05, 0.1) is 26.2 Å². The van der Waals surface area contributed by atoms with Crippen molar-refractivity contribution in [1.29, 1.82) is 0 Å². The van der Waals surface area contributed by atoms with E-state index in [1.54, 1.807) is 56.5 Å². The number of sulfonamides is 1. The molecule has 0 heterocycles. The SMILES string of the molecule is COc1cccc(CN(C(=O)CN(c2ccccc2OC)S(C)(=O)=O)[C@H](C)C(=O)NC2CCCCC2)c1. The molecular weight excluding hydrogens is 494 g/mol. The summed E-state index contributed by atoms with van der Waals surface area (Å²) in [6.07, 6.45) is 6.16. The van der Waals surface area contributed by atoms with Gasteiger partial charge in [0.25, 0.3) is 0 Å². The van der Waals surface area contributed by atoms with Crippen molar-refractivity contribution in [2.75, 3.05) is 31.3 Å². The molecule has 0 spiro atoms. The first-order valence-corrected chi connectivity index (χ1v) is 14.3. The zero-order chi connectivity index (χ0) is 27.0. The molecule has 1 saturated carbocycles. The van der Waals surface area contributed by atoms with Crippen molar-refractivity contribution in [3.8, 4) is 11.5 Å². The zero-order valence-corrected chi connectivity index (χ0v) is 22.8. The minimum atomic E-state index is -3.85. The summed E-state index contributed by atoms with van der Waals surface area (Å²) >= 11 is 0. The second-order valence-corrected chi connectivity index (χ2v) is 11.2. The monoisotopic (exact) mass is 531 g/mol. The molecule has 1 atom stereocenters. The number of hydrogen-bond donors (Lipinski definition) is 1. The predicted molar refractivity (Wildman–Crippen MR) is 143 cm³/mol. The molecule has 1 aliphatic rings. The van der Waals surface area contributed by atoms with Crippen molar-refractivity contribution in [2.45, 2.75) is 57.7 Å². The quantitative estimate of drug-likeness (QED) is 0.477. The van der Waals surface area contributed by atoms with Gasteiger partial charge in [-0.3, -0.25) is 13.9 Å². The highest BCUT2D eigenvalue weighted by atomic mass is 32.2. The van der Waals surface area contributed by atoms with Crippen molar-refractivity contribution in [3.05, 3.63) is 54.1 Å². The van der Waals surface area contributed by atoms with Crippen molar-refractivity contribution < 1.29 is 27.5 Å². The highest BCUT2D eigenvalue weighted by Crippen LogP contribution is 2.30. The Balaban J connectivity index is 1.91. The molecule has 202 valence electrons. The fraction of sp³-hybridized carbons (Fsp3) is 0.481. The molecule has 0 bridgehead atoms. The van der Waals surface area contributed by atoms with Crippen LogP contribution in [0, 0.1) is 0 Å². The molecule has 37 heavy (non-hydrogen) atoms. The van der Waals surface area contributed by atoms with Crippen LogP contribution in [0.1, 0.15) is 44.6 Å². The first kappa shape index (κ1) is 28.3. The number of nitrogens with zero attached hydrogens (tertiary/aromatic N) is 2. The third-order valence-electron chi connectivity index (χ3n) is 6.64. The average molecular weight is 532 g/mol. The van der Waals surface area contributed by atoms with E-state index in [1.165, 1.54) is 12.0 Å². The predicted octanol–water partition coefficient (Wildman–Crippen LogP) is 3.34. The Hall–Kier alpha value is -3.27. The molecule has 2 aromatic rings. The Labute approximate surface area is 219 Å². The third kappa shape index (κ3) is 7.61. The maximum absolute atomic E-state index is 13.7. The lowest BCUT2D eigenvalue weighted by atomic mass is 9.95. The second kappa shape index (κ2) is 12.8. The zero-order valence-electron chi connectivity index (χ0n) is 22.0. The average Bonchev–Trinajstić information content (AvgIpc) is 2.89. The van der Waals surface area contributed by atoms with Crippen LogP contribution in [0.25, 0.3) is 0 Å². The van der Waals surface area contributed by atoms with E-state index in [4.69, 9.17) is 9.47 Å². The third-order valence-corrected chi connectivity index (χ3v) is 7.77. The van der Waals surface area contributed by atoms with Crippen molar-refractivity contribution in [3.63, 3.8) is 0 Å². The van der Waals surface area contributed by atoms with Gasteiger partial charge in [-0.2, -0.15) is 0 Å². The van der Waals surface area contributed by atoms with E-state index in [9.17, 15) is 18.0 Å². The van der Waals surface area contributed by atoms with Gasteiger partial charge >= 0.3 is 0 Å². The van der Waals surface area contributed by atoms with Crippen molar-refractivity contribution in [1.82, 2.24) is 10.2 Å². The number of benzene rings is 2. The lowest BCUT2D eigenvalue weighted by molar-refractivity contribution is -0.139. The largest absolute Gasteiger partial charge is 0.497 e. The van der Waals surface area contributed by atoms with Gasteiger partial charge in [0.2, 0.25) is 21.8 Å². The van der Waals surface area contributed by atoms with E-state index in [0.717, 1.165) is 48.2 Å². The van der Waals surface area contributed by atoms with Crippen molar-refractivity contribution >= 4 is 27.5 Å². The molecule has 1 N–H and O–H groups in total. The minimum Gasteiger partial charge on any atom is -0.497 e. The first-order valence-electron chi connectivity index (χ1n) is 12.5. The standard InChI is InChI=1S/C27H37N3O6S/c1-20(27(32)28-22-12-6-5-7-13-22)29(18-21-11-10-14-23(17-21)35-2)26(31)19-30(37(4,33)34)24-15-8-9-16-25(24)36-3/h8-11,14-17,20,22H,5-7,12-13,18-19H2,1-4H3,(H,28,32)/t20-/m1/s1. The highest BCUT2D eigenvalue weighted by Gasteiger charge is 2.32. The molecule has 0 aliphatic heterocycles. The summed E-state index contributed by atoms with van der Waals surface area (Å²) < 4.78 is 37.2. The van der Waals surface area contributed by atoms with Crippen LogP contribution >= 0.6 is 0 Å². The normalized spacial score (nSPS) is 14.9. The van der Waals surface area contributed by atoms with Gasteiger partial charge in [0, 0.05) is 12.6 Å². The smallest absolute Gasteiger partial charge is 0.244 e. The molecule has 3 rings (SSSR count). The summed E-state index contributed by atoms with van der Waals surface area (Å²) in [6, 6.07) is 13.1. The Morgan fingerprint density at radius 2 is 1.73 bits per heavy atom.